The lowest BCUT2D eigenvalue weighted by Crippen LogP contribution is -2.48. The van der Waals surface area contributed by atoms with Crippen LogP contribution in [0.2, 0.25) is 0 Å². The molecule has 31 heavy (non-hydrogen) atoms. The van der Waals surface area contributed by atoms with E-state index >= 15 is 0 Å². The highest BCUT2D eigenvalue weighted by molar-refractivity contribution is 5.37. The Hall–Kier alpha value is -2.73. The lowest BCUT2D eigenvalue weighted by molar-refractivity contribution is -0.0924. The van der Waals surface area contributed by atoms with Gasteiger partial charge in [-0.2, -0.15) is 0 Å². The highest BCUT2D eigenvalue weighted by atomic mass is 19.1. The van der Waals surface area contributed by atoms with Gasteiger partial charge in [-0.1, -0.05) is 67.6 Å². The van der Waals surface area contributed by atoms with Gasteiger partial charge in [-0.05, 0) is 35.9 Å². The second-order valence-corrected chi connectivity index (χ2v) is 7.75. The first-order valence-corrected chi connectivity index (χ1v) is 10.5. The van der Waals surface area contributed by atoms with Crippen LogP contribution in [0.15, 0.2) is 78.9 Å². The average molecular weight is 424 g/mol. The zero-order valence-electron chi connectivity index (χ0n) is 18.0. The van der Waals surface area contributed by atoms with Gasteiger partial charge in [0.25, 0.3) is 0 Å². The largest absolute Gasteiger partial charge is 0.496 e. The van der Waals surface area contributed by atoms with Crippen LogP contribution < -0.4 is 4.74 Å². The number of methoxy groups -OCH3 is 1. The molecule has 2 N–H and O–H groups in total. The third kappa shape index (κ3) is 5.70. The van der Waals surface area contributed by atoms with Gasteiger partial charge in [0.15, 0.2) is 0 Å². The molecule has 0 amide bonds. The van der Waals surface area contributed by atoms with E-state index in [2.05, 4.69) is 4.90 Å². The fourth-order valence-electron chi connectivity index (χ4n) is 3.86. The van der Waals surface area contributed by atoms with Crippen molar-refractivity contribution in [2.75, 3.05) is 20.2 Å². The number of aliphatic hydroxyl groups is 2. The summed E-state index contributed by atoms with van der Waals surface area (Å²) in [4.78, 5) is 2.08. The van der Waals surface area contributed by atoms with Crippen molar-refractivity contribution in [3.63, 3.8) is 0 Å². The van der Waals surface area contributed by atoms with Crippen molar-refractivity contribution in [3.05, 3.63) is 101 Å². The first-order chi connectivity index (χ1) is 15.0. The molecule has 0 saturated carbocycles. The lowest BCUT2D eigenvalue weighted by Gasteiger charge is -2.37. The highest BCUT2D eigenvalue weighted by Gasteiger charge is 2.39. The molecule has 4 nitrogen and oxygen atoms in total. The molecule has 0 fully saturated rings. The van der Waals surface area contributed by atoms with E-state index < -0.39 is 17.5 Å². The minimum atomic E-state index is -1.62. The summed E-state index contributed by atoms with van der Waals surface area (Å²) in [6.07, 6.45) is -1.09. The van der Waals surface area contributed by atoms with Crippen molar-refractivity contribution >= 4 is 0 Å². The summed E-state index contributed by atoms with van der Waals surface area (Å²) in [5, 5.41) is 23.0. The molecule has 0 aliphatic carbocycles. The maximum Gasteiger partial charge on any atom is 0.123 e. The Morgan fingerprint density at radius 2 is 1.65 bits per heavy atom. The normalized spacial score (nSPS) is 14.3. The summed E-state index contributed by atoms with van der Waals surface area (Å²) in [6.45, 7) is 3.64. The van der Waals surface area contributed by atoms with E-state index in [1.807, 2.05) is 55.5 Å². The SMILES string of the molecule is CCN(Cc1ccccc1)CC(O)[C@@](O)(Cc1cc(F)ccc1OC)c1ccccc1. The van der Waals surface area contributed by atoms with Crippen LogP contribution in [0.4, 0.5) is 4.39 Å². The molecule has 164 valence electrons. The Labute approximate surface area is 183 Å². The zero-order valence-corrected chi connectivity index (χ0v) is 18.0. The molecule has 0 heterocycles. The Morgan fingerprint density at radius 3 is 2.26 bits per heavy atom. The Morgan fingerprint density at radius 1 is 1.00 bits per heavy atom. The lowest BCUT2D eigenvalue weighted by atomic mass is 9.82. The number of likely N-dealkylation sites (N-methyl/N-ethyl adjacent to an activating group) is 1. The second-order valence-electron chi connectivity index (χ2n) is 7.75. The number of rotatable bonds is 10. The number of ether oxygens (including phenoxy) is 1. The summed E-state index contributed by atoms with van der Waals surface area (Å²) in [7, 11) is 1.51. The summed E-state index contributed by atoms with van der Waals surface area (Å²) in [5.41, 5.74) is 0.585. The van der Waals surface area contributed by atoms with E-state index in [1.165, 1.54) is 25.3 Å². The van der Waals surface area contributed by atoms with E-state index in [0.29, 0.717) is 30.0 Å². The molecule has 2 atom stereocenters. The molecule has 0 radical (unpaired) electrons. The van der Waals surface area contributed by atoms with Gasteiger partial charge in [0.1, 0.15) is 17.2 Å². The van der Waals surface area contributed by atoms with Crippen LogP contribution >= 0.6 is 0 Å². The van der Waals surface area contributed by atoms with Gasteiger partial charge in [0, 0.05) is 25.1 Å². The minimum Gasteiger partial charge on any atom is -0.496 e. The molecule has 3 rings (SSSR count). The van der Waals surface area contributed by atoms with Crippen LogP contribution in [-0.2, 0) is 18.6 Å². The average Bonchev–Trinajstić information content (AvgIpc) is 2.80. The van der Waals surface area contributed by atoms with Crippen molar-refractivity contribution in [1.82, 2.24) is 4.90 Å². The maximum atomic E-state index is 14.0. The van der Waals surface area contributed by atoms with Gasteiger partial charge >= 0.3 is 0 Å². The predicted octanol–water partition coefficient (Wildman–Crippen LogP) is 4.15. The van der Waals surface area contributed by atoms with Gasteiger partial charge < -0.3 is 14.9 Å². The second kappa shape index (κ2) is 10.5. The molecular weight excluding hydrogens is 393 g/mol. The fourth-order valence-corrected chi connectivity index (χ4v) is 3.86. The van der Waals surface area contributed by atoms with Gasteiger partial charge in [-0.3, -0.25) is 4.90 Å². The minimum absolute atomic E-state index is 0.0159. The van der Waals surface area contributed by atoms with Crippen LogP contribution in [-0.4, -0.2) is 41.4 Å². The first kappa shape index (κ1) is 22.9. The van der Waals surface area contributed by atoms with E-state index in [1.54, 1.807) is 12.1 Å². The van der Waals surface area contributed by atoms with Crippen molar-refractivity contribution in [1.29, 1.82) is 0 Å². The number of hydrogen-bond donors (Lipinski definition) is 2. The molecule has 0 spiro atoms. The molecule has 3 aromatic carbocycles. The van der Waals surface area contributed by atoms with E-state index in [4.69, 9.17) is 4.74 Å². The van der Waals surface area contributed by atoms with Gasteiger partial charge in [-0.15, -0.1) is 0 Å². The van der Waals surface area contributed by atoms with Gasteiger partial charge in [0.05, 0.1) is 13.2 Å². The third-order valence-corrected chi connectivity index (χ3v) is 5.65. The first-order valence-electron chi connectivity index (χ1n) is 10.5. The molecule has 0 bridgehead atoms. The standard InChI is InChI=1S/C26H30FNO3/c1-3-28(18-20-10-6-4-7-11-20)19-25(29)26(30,22-12-8-5-9-13-22)17-21-16-23(27)14-15-24(21)31-2/h4-16,25,29-30H,3,17-19H2,1-2H3/t25?,26-/m1/s1. The van der Waals surface area contributed by atoms with Crippen LogP contribution in [0.1, 0.15) is 23.6 Å². The van der Waals surface area contributed by atoms with Crippen LogP contribution in [0, 0.1) is 5.82 Å². The fraction of sp³-hybridized carbons (Fsp3) is 0.308. The van der Waals surface area contributed by atoms with E-state index in [0.717, 1.165) is 5.56 Å². The molecule has 5 heteroatoms. The van der Waals surface area contributed by atoms with Crippen LogP contribution in [0.5, 0.6) is 5.75 Å². The quantitative estimate of drug-likeness (QED) is 0.515. The summed E-state index contributed by atoms with van der Waals surface area (Å²) in [5.74, 6) is 0.0551. The summed E-state index contributed by atoms with van der Waals surface area (Å²) < 4.78 is 19.3. The van der Waals surface area contributed by atoms with Crippen LogP contribution in [0.25, 0.3) is 0 Å². The maximum absolute atomic E-state index is 14.0. The number of hydrogen-bond acceptors (Lipinski definition) is 4. The number of nitrogens with zero attached hydrogens (tertiary/aromatic N) is 1. The molecule has 0 saturated heterocycles. The van der Waals surface area contributed by atoms with E-state index in [-0.39, 0.29) is 13.0 Å². The zero-order chi connectivity index (χ0) is 22.3. The monoisotopic (exact) mass is 423 g/mol. The van der Waals surface area contributed by atoms with Gasteiger partial charge in [-0.25, -0.2) is 4.39 Å². The number of benzene rings is 3. The predicted molar refractivity (Wildman–Crippen MR) is 120 cm³/mol. The highest BCUT2D eigenvalue weighted by Crippen LogP contribution is 2.34. The Kier molecular flexibility index (Phi) is 7.80. The van der Waals surface area contributed by atoms with Gasteiger partial charge in [0.2, 0.25) is 0 Å². The van der Waals surface area contributed by atoms with E-state index in [9.17, 15) is 14.6 Å². The Balaban J connectivity index is 1.90. The summed E-state index contributed by atoms with van der Waals surface area (Å²) >= 11 is 0. The molecule has 0 aromatic heterocycles. The topological polar surface area (TPSA) is 52.9 Å². The smallest absolute Gasteiger partial charge is 0.123 e. The molecule has 0 aliphatic rings. The molecule has 3 aromatic rings. The van der Waals surface area contributed by atoms with Crippen LogP contribution in [0.3, 0.4) is 0 Å². The Bertz CT molecular complexity index is 951. The molecule has 1 unspecified atom stereocenters. The molecule has 0 aliphatic heterocycles. The third-order valence-electron chi connectivity index (χ3n) is 5.65. The van der Waals surface area contributed by atoms with Crippen molar-refractivity contribution < 1.29 is 19.3 Å². The number of aliphatic hydroxyl groups excluding tert-OH is 1. The summed E-state index contributed by atoms with van der Waals surface area (Å²) in [6, 6.07) is 23.3. The van der Waals surface area contributed by atoms with Crippen molar-refractivity contribution in [3.8, 4) is 5.75 Å². The van der Waals surface area contributed by atoms with Crippen molar-refractivity contribution in [2.24, 2.45) is 0 Å². The number of halogens is 1. The molecular formula is C26H30FNO3. The van der Waals surface area contributed by atoms with Crippen molar-refractivity contribution in [2.45, 2.75) is 31.6 Å².